The van der Waals surface area contributed by atoms with E-state index < -0.39 is 21.7 Å². The number of sulfone groups is 1. The molecule has 0 spiro atoms. The first-order valence-electron chi connectivity index (χ1n) is 4.50. The third-order valence-corrected chi connectivity index (χ3v) is 3.74. The molecule has 0 aromatic carbocycles. The second-order valence-corrected chi connectivity index (χ2v) is 5.91. The molecule has 0 rings (SSSR count). The van der Waals surface area contributed by atoms with Gasteiger partial charge in [0.05, 0.1) is 11.5 Å². The van der Waals surface area contributed by atoms with Crippen molar-refractivity contribution in [3.8, 4) is 0 Å². The van der Waals surface area contributed by atoms with E-state index in [9.17, 15) is 13.2 Å². The fourth-order valence-electron chi connectivity index (χ4n) is 0.912. The van der Waals surface area contributed by atoms with Gasteiger partial charge in [0, 0.05) is 12.0 Å². The van der Waals surface area contributed by atoms with Crippen LogP contribution >= 0.6 is 0 Å². The maximum absolute atomic E-state index is 11.4. The standard InChI is InChI=1S/C8H18N2O3S/c1-6(8(10)11)5-14(12,13)4-3-7(2)9/h6-7H,3-5,9H2,1-2H3,(H2,10,11). The molecule has 0 bridgehead atoms. The zero-order valence-electron chi connectivity index (χ0n) is 8.56. The summed E-state index contributed by atoms with van der Waals surface area (Å²) in [7, 11) is -3.20. The molecule has 0 saturated heterocycles. The quantitative estimate of drug-likeness (QED) is 0.617. The van der Waals surface area contributed by atoms with Gasteiger partial charge in [-0.2, -0.15) is 0 Å². The third-order valence-electron chi connectivity index (χ3n) is 1.87. The van der Waals surface area contributed by atoms with Crippen LogP contribution in [0.4, 0.5) is 0 Å². The smallest absolute Gasteiger partial charge is 0.221 e. The molecule has 0 heterocycles. The molecule has 0 aliphatic heterocycles. The summed E-state index contributed by atoms with van der Waals surface area (Å²) >= 11 is 0. The lowest BCUT2D eigenvalue weighted by atomic mass is 10.2. The van der Waals surface area contributed by atoms with Crippen molar-refractivity contribution in [1.29, 1.82) is 0 Å². The normalized spacial score (nSPS) is 16.2. The zero-order chi connectivity index (χ0) is 11.4. The number of hydrogen-bond donors (Lipinski definition) is 2. The molecule has 6 heteroatoms. The molecule has 2 atom stereocenters. The Bertz CT molecular complexity index is 285. The lowest BCUT2D eigenvalue weighted by Crippen LogP contribution is -2.29. The summed E-state index contributed by atoms with van der Waals surface area (Å²) < 4.78 is 22.8. The average Bonchev–Trinajstić information content (AvgIpc) is 2.00. The molecule has 1 amide bonds. The average molecular weight is 222 g/mol. The summed E-state index contributed by atoms with van der Waals surface area (Å²) in [5, 5.41) is 0. The van der Waals surface area contributed by atoms with Gasteiger partial charge in [-0.15, -0.1) is 0 Å². The minimum atomic E-state index is -3.20. The number of carbonyl (C=O) groups is 1. The topological polar surface area (TPSA) is 103 Å². The first-order chi connectivity index (χ1) is 6.24. The highest BCUT2D eigenvalue weighted by Gasteiger charge is 2.19. The van der Waals surface area contributed by atoms with Gasteiger partial charge in [-0.25, -0.2) is 8.42 Å². The van der Waals surface area contributed by atoms with Crippen molar-refractivity contribution in [1.82, 2.24) is 0 Å². The maximum atomic E-state index is 11.4. The Morgan fingerprint density at radius 3 is 2.21 bits per heavy atom. The fraction of sp³-hybridized carbons (Fsp3) is 0.875. The maximum Gasteiger partial charge on any atom is 0.221 e. The zero-order valence-corrected chi connectivity index (χ0v) is 9.38. The minimum absolute atomic E-state index is 0.0162. The summed E-state index contributed by atoms with van der Waals surface area (Å²) in [4.78, 5) is 10.6. The van der Waals surface area contributed by atoms with E-state index in [4.69, 9.17) is 11.5 Å². The van der Waals surface area contributed by atoms with E-state index in [0.29, 0.717) is 6.42 Å². The molecule has 84 valence electrons. The van der Waals surface area contributed by atoms with E-state index in [2.05, 4.69) is 0 Å². The molecule has 4 N–H and O–H groups in total. The van der Waals surface area contributed by atoms with E-state index >= 15 is 0 Å². The highest BCUT2D eigenvalue weighted by Crippen LogP contribution is 2.03. The van der Waals surface area contributed by atoms with Crippen LogP contribution < -0.4 is 11.5 Å². The molecule has 0 aromatic rings. The summed E-state index contributed by atoms with van der Waals surface area (Å²) in [6.45, 7) is 3.25. The van der Waals surface area contributed by atoms with Crippen molar-refractivity contribution < 1.29 is 13.2 Å². The Hall–Kier alpha value is -0.620. The van der Waals surface area contributed by atoms with Gasteiger partial charge < -0.3 is 11.5 Å². The number of carbonyl (C=O) groups excluding carboxylic acids is 1. The van der Waals surface area contributed by atoms with Gasteiger partial charge >= 0.3 is 0 Å². The molecule has 0 aliphatic carbocycles. The van der Waals surface area contributed by atoms with Crippen molar-refractivity contribution in [2.75, 3.05) is 11.5 Å². The van der Waals surface area contributed by atoms with Crippen LogP contribution in [0, 0.1) is 5.92 Å². The number of hydrogen-bond acceptors (Lipinski definition) is 4. The van der Waals surface area contributed by atoms with Crippen LogP contribution in [0.1, 0.15) is 20.3 Å². The molecular weight excluding hydrogens is 204 g/mol. The Morgan fingerprint density at radius 1 is 1.36 bits per heavy atom. The van der Waals surface area contributed by atoms with Gasteiger partial charge in [-0.3, -0.25) is 4.79 Å². The highest BCUT2D eigenvalue weighted by atomic mass is 32.2. The number of primary amides is 1. The number of amides is 1. The Morgan fingerprint density at radius 2 is 1.86 bits per heavy atom. The molecular formula is C8H18N2O3S. The van der Waals surface area contributed by atoms with Crippen LogP contribution in [-0.4, -0.2) is 31.9 Å². The van der Waals surface area contributed by atoms with E-state index in [1.54, 1.807) is 6.92 Å². The molecule has 14 heavy (non-hydrogen) atoms. The lowest BCUT2D eigenvalue weighted by Gasteiger charge is -2.09. The van der Waals surface area contributed by atoms with Gasteiger partial charge in [0.2, 0.25) is 5.91 Å². The van der Waals surface area contributed by atoms with Crippen LogP contribution in [-0.2, 0) is 14.6 Å². The van der Waals surface area contributed by atoms with Crippen LogP contribution in [0.3, 0.4) is 0 Å². The predicted molar refractivity (Wildman–Crippen MR) is 55.3 cm³/mol. The molecule has 0 saturated carbocycles. The van der Waals surface area contributed by atoms with Crippen LogP contribution in [0.25, 0.3) is 0 Å². The fourth-order valence-corrected chi connectivity index (χ4v) is 2.74. The second-order valence-electron chi connectivity index (χ2n) is 3.68. The van der Waals surface area contributed by atoms with Gasteiger partial charge in [0.1, 0.15) is 0 Å². The number of rotatable bonds is 6. The predicted octanol–water partition coefficient (Wildman–Crippen LogP) is -0.740. The Labute approximate surface area is 84.8 Å². The molecule has 0 aromatic heterocycles. The van der Waals surface area contributed by atoms with Gasteiger partial charge in [-0.05, 0) is 13.3 Å². The Balaban J connectivity index is 4.15. The van der Waals surface area contributed by atoms with Gasteiger partial charge in [0.25, 0.3) is 0 Å². The SMILES string of the molecule is CC(N)CCS(=O)(=O)CC(C)C(N)=O. The minimum Gasteiger partial charge on any atom is -0.369 e. The van der Waals surface area contributed by atoms with Crippen LogP contribution in [0.15, 0.2) is 0 Å². The molecule has 0 fully saturated rings. The van der Waals surface area contributed by atoms with Crippen LogP contribution in [0.2, 0.25) is 0 Å². The van der Waals surface area contributed by atoms with E-state index in [1.807, 2.05) is 0 Å². The largest absolute Gasteiger partial charge is 0.369 e. The first-order valence-corrected chi connectivity index (χ1v) is 6.32. The number of nitrogens with two attached hydrogens (primary N) is 2. The van der Waals surface area contributed by atoms with Gasteiger partial charge in [0.15, 0.2) is 9.84 Å². The second kappa shape index (κ2) is 5.31. The van der Waals surface area contributed by atoms with Crippen molar-refractivity contribution in [3.63, 3.8) is 0 Å². The molecule has 0 aliphatic rings. The van der Waals surface area contributed by atoms with Crippen molar-refractivity contribution in [2.24, 2.45) is 17.4 Å². The summed E-state index contributed by atoms with van der Waals surface area (Å²) in [6.07, 6.45) is 0.411. The van der Waals surface area contributed by atoms with E-state index in [0.717, 1.165) is 0 Å². The summed E-state index contributed by atoms with van der Waals surface area (Å²) in [6, 6.07) is -0.145. The van der Waals surface area contributed by atoms with Gasteiger partial charge in [-0.1, -0.05) is 6.92 Å². The molecule has 2 unspecified atom stereocenters. The monoisotopic (exact) mass is 222 g/mol. The first kappa shape index (κ1) is 13.4. The lowest BCUT2D eigenvalue weighted by molar-refractivity contribution is -0.120. The third kappa shape index (κ3) is 5.93. The Kier molecular flexibility index (Phi) is 5.07. The molecule has 0 radical (unpaired) electrons. The van der Waals surface area contributed by atoms with E-state index in [-0.39, 0.29) is 17.5 Å². The molecule has 5 nitrogen and oxygen atoms in total. The van der Waals surface area contributed by atoms with Crippen molar-refractivity contribution >= 4 is 15.7 Å². The highest BCUT2D eigenvalue weighted by molar-refractivity contribution is 7.91. The summed E-state index contributed by atoms with van der Waals surface area (Å²) in [5.74, 6) is -1.39. The van der Waals surface area contributed by atoms with Crippen molar-refractivity contribution in [2.45, 2.75) is 26.3 Å². The van der Waals surface area contributed by atoms with Crippen molar-refractivity contribution in [3.05, 3.63) is 0 Å². The van der Waals surface area contributed by atoms with Crippen LogP contribution in [0.5, 0.6) is 0 Å². The van der Waals surface area contributed by atoms with E-state index in [1.165, 1.54) is 6.92 Å². The summed E-state index contributed by atoms with van der Waals surface area (Å²) in [5.41, 5.74) is 10.4.